The van der Waals surface area contributed by atoms with E-state index in [1.165, 1.54) is 0 Å². The Morgan fingerprint density at radius 3 is 2.87 bits per heavy atom. The maximum atomic E-state index is 12.5. The highest BCUT2D eigenvalue weighted by molar-refractivity contribution is 5.98. The highest BCUT2D eigenvalue weighted by atomic mass is 16.1. The lowest BCUT2D eigenvalue weighted by Crippen LogP contribution is -2.50. The molecule has 0 radical (unpaired) electrons. The Balaban J connectivity index is 1.52. The number of nitrogens with zero attached hydrogens (tertiary/aromatic N) is 3. The topological polar surface area (TPSA) is 70.2 Å². The van der Waals surface area contributed by atoms with E-state index in [-0.39, 0.29) is 5.91 Å². The van der Waals surface area contributed by atoms with Gasteiger partial charge in [0.15, 0.2) is 5.82 Å². The fourth-order valence-corrected chi connectivity index (χ4v) is 4.18. The largest absolute Gasteiger partial charge is 0.349 e. The average Bonchev–Trinajstić information content (AvgIpc) is 3.57. The lowest BCUT2D eigenvalue weighted by molar-refractivity contribution is 0.0951. The molecule has 1 amide bonds. The smallest absolute Gasteiger partial charge is 0.251 e. The van der Waals surface area contributed by atoms with Crippen molar-refractivity contribution in [2.45, 2.75) is 38.8 Å². The van der Waals surface area contributed by atoms with E-state index in [9.17, 15) is 4.79 Å². The molecule has 2 fully saturated rings. The lowest BCUT2D eigenvalue weighted by Gasteiger charge is -2.35. The van der Waals surface area contributed by atoms with E-state index in [1.54, 1.807) is 0 Å². The molecule has 1 aromatic heterocycles. The van der Waals surface area contributed by atoms with E-state index in [2.05, 4.69) is 57.8 Å². The van der Waals surface area contributed by atoms with Crippen LogP contribution in [-0.4, -0.2) is 47.8 Å². The number of rotatable bonds is 4. The molecular formula is C24H27N5O. The number of nitrogens with one attached hydrogen (secondary N) is 2. The van der Waals surface area contributed by atoms with Crippen molar-refractivity contribution < 1.29 is 4.79 Å². The SMILES string of the molecule is Cc1ccc(C(=O)NC2CC2)cc1-c1ccc2c(N3CCNCC3C)nncc2c1. The molecule has 6 heteroatoms. The summed E-state index contributed by atoms with van der Waals surface area (Å²) < 4.78 is 0. The van der Waals surface area contributed by atoms with Gasteiger partial charge < -0.3 is 15.5 Å². The molecule has 2 aromatic carbocycles. The molecule has 2 aliphatic rings. The molecule has 1 saturated carbocycles. The summed E-state index contributed by atoms with van der Waals surface area (Å²) in [7, 11) is 0. The Morgan fingerprint density at radius 1 is 1.20 bits per heavy atom. The molecule has 3 aromatic rings. The summed E-state index contributed by atoms with van der Waals surface area (Å²) in [5, 5.41) is 17.4. The summed E-state index contributed by atoms with van der Waals surface area (Å²) in [6.45, 7) is 7.12. The standard InChI is InChI=1S/C24H27N5O/c1-15-3-4-18(24(30)27-20-6-7-20)12-22(15)17-5-8-21-19(11-17)14-26-28-23(21)29-10-9-25-13-16(29)2/h3-5,8,11-12,14,16,20,25H,6-7,9-10,13H2,1-2H3,(H,27,30). The third-order valence-electron chi connectivity index (χ3n) is 6.14. The van der Waals surface area contributed by atoms with Gasteiger partial charge >= 0.3 is 0 Å². The summed E-state index contributed by atoms with van der Waals surface area (Å²) in [5.41, 5.74) is 4.03. The summed E-state index contributed by atoms with van der Waals surface area (Å²) in [6, 6.07) is 13.1. The quantitative estimate of drug-likeness (QED) is 0.702. The summed E-state index contributed by atoms with van der Waals surface area (Å²) in [5.74, 6) is 0.961. The number of amides is 1. The second kappa shape index (κ2) is 7.69. The van der Waals surface area contributed by atoms with Gasteiger partial charge in [-0.3, -0.25) is 4.79 Å². The van der Waals surface area contributed by atoms with Gasteiger partial charge in [0.1, 0.15) is 0 Å². The molecule has 1 aliphatic heterocycles. The molecule has 2 heterocycles. The van der Waals surface area contributed by atoms with Gasteiger partial charge in [0.25, 0.3) is 5.91 Å². The first-order valence-electron chi connectivity index (χ1n) is 10.7. The zero-order valence-corrected chi connectivity index (χ0v) is 17.5. The zero-order valence-electron chi connectivity index (χ0n) is 17.5. The molecule has 1 saturated heterocycles. The number of hydrogen-bond acceptors (Lipinski definition) is 5. The van der Waals surface area contributed by atoms with Crippen LogP contribution in [0.15, 0.2) is 42.6 Å². The van der Waals surface area contributed by atoms with Crippen LogP contribution in [0.4, 0.5) is 5.82 Å². The van der Waals surface area contributed by atoms with Gasteiger partial charge in [-0.25, -0.2) is 0 Å². The van der Waals surface area contributed by atoms with Gasteiger partial charge in [-0.05, 0) is 67.6 Å². The number of fused-ring (bicyclic) bond motifs is 1. The Bertz CT molecular complexity index is 1110. The van der Waals surface area contributed by atoms with Gasteiger partial charge in [-0.2, -0.15) is 5.10 Å². The van der Waals surface area contributed by atoms with Crippen molar-refractivity contribution in [3.63, 3.8) is 0 Å². The molecule has 30 heavy (non-hydrogen) atoms. The van der Waals surface area contributed by atoms with Crippen LogP contribution in [0.3, 0.4) is 0 Å². The van der Waals surface area contributed by atoms with Crippen molar-refractivity contribution in [2.24, 2.45) is 0 Å². The second-order valence-corrected chi connectivity index (χ2v) is 8.49. The molecule has 154 valence electrons. The highest BCUT2D eigenvalue weighted by Crippen LogP contribution is 2.32. The Hall–Kier alpha value is -2.99. The molecule has 0 spiro atoms. The van der Waals surface area contributed by atoms with Gasteiger partial charge in [-0.15, -0.1) is 5.10 Å². The van der Waals surface area contributed by atoms with Crippen LogP contribution in [0, 0.1) is 6.92 Å². The van der Waals surface area contributed by atoms with E-state index < -0.39 is 0 Å². The van der Waals surface area contributed by atoms with Crippen molar-refractivity contribution >= 4 is 22.5 Å². The Labute approximate surface area is 176 Å². The van der Waals surface area contributed by atoms with Crippen LogP contribution < -0.4 is 15.5 Å². The molecule has 0 bridgehead atoms. The number of carbonyl (C=O) groups is 1. The molecular weight excluding hydrogens is 374 g/mol. The first kappa shape index (κ1) is 19.0. The summed E-state index contributed by atoms with van der Waals surface area (Å²) in [4.78, 5) is 14.8. The van der Waals surface area contributed by atoms with Crippen LogP contribution in [0.1, 0.15) is 35.7 Å². The minimum absolute atomic E-state index is 0.0142. The van der Waals surface area contributed by atoms with Crippen molar-refractivity contribution in [1.82, 2.24) is 20.8 Å². The zero-order chi connectivity index (χ0) is 20.7. The number of piperazine rings is 1. The molecule has 1 atom stereocenters. The Morgan fingerprint density at radius 2 is 2.07 bits per heavy atom. The van der Waals surface area contributed by atoms with Crippen molar-refractivity contribution in [3.05, 3.63) is 53.7 Å². The van der Waals surface area contributed by atoms with Crippen LogP contribution in [0.2, 0.25) is 0 Å². The number of hydrogen-bond donors (Lipinski definition) is 2. The number of aromatic nitrogens is 2. The van der Waals surface area contributed by atoms with E-state index in [1.807, 2.05) is 24.4 Å². The molecule has 1 aliphatic carbocycles. The average molecular weight is 402 g/mol. The van der Waals surface area contributed by atoms with Crippen LogP contribution in [0.25, 0.3) is 21.9 Å². The maximum Gasteiger partial charge on any atom is 0.251 e. The number of anilines is 1. The van der Waals surface area contributed by atoms with E-state index in [0.29, 0.717) is 17.6 Å². The van der Waals surface area contributed by atoms with Crippen LogP contribution >= 0.6 is 0 Å². The fraction of sp³-hybridized carbons (Fsp3) is 0.375. The van der Waals surface area contributed by atoms with Crippen LogP contribution in [-0.2, 0) is 0 Å². The Kier molecular flexibility index (Phi) is 4.87. The molecule has 5 rings (SSSR count). The third kappa shape index (κ3) is 3.63. The minimum Gasteiger partial charge on any atom is -0.349 e. The van der Waals surface area contributed by atoms with E-state index >= 15 is 0 Å². The van der Waals surface area contributed by atoms with Gasteiger partial charge in [-0.1, -0.05) is 12.1 Å². The van der Waals surface area contributed by atoms with Crippen molar-refractivity contribution in [2.75, 3.05) is 24.5 Å². The van der Waals surface area contributed by atoms with Crippen LogP contribution in [0.5, 0.6) is 0 Å². The fourth-order valence-electron chi connectivity index (χ4n) is 4.18. The first-order valence-corrected chi connectivity index (χ1v) is 10.7. The van der Waals surface area contributed by atoms with Crippen molar-refractivity contribution in [1.29, 1.82) is 0 Å². The van der Waals surface area contributed by atoms with E-state index in [4.69, 9.17) is 0 Å². The first-order chi connectivity index (χ1) is 14.6. The number of benzene rings is 2. The molecule has 2 N–H and O–H groups in total. The second-order valence-electron chi connectivity index (χ2n) is 8.49. The minimum atomic E-state index is 0.0142. The summed E-state index contributed by atoms with van der Waals surface area (Å²) >= 11 is 0. The third-order valence-corrected chi connectivity index (χ3v) is 6.14. The predicted molar refractivity (Wildman–Crippen MR) is 120 cm³/mol. The lowest BCUT2D eigenvalue weighted by atomic mass is 9.96. The number of carbonyl (C=O) groups excluding carboxylic acids is 1. The normalized spacial score (nSPS) is 19.1. The predicted octanol–water partition coefficient (Wildman–Crippen LogP) is 3.30. The molecule has 1 unspecified atom stereocenters. The highest BCUT2D eigenvalue weighted by Gasteiger charge is 2.24. The van der Waals surface area contributed by atoms with E-state index in [0.717, 1.165) is 65.8 Å². The van der Waals surface area contributed by atoms with Gasteiger partial charge in [0.2, 0.25) is 0 Å². The number of aryl methyl sites for hydroxylation is 1. The monoisotopic (exact) mass is 401 g/mol. The molecule has 6 nitrogen and oxygen atoms in total. The van der Waals surface area contributed by atoms with Gasteiger partial charge in [0, 0.05) is 48.1 Å². The maximum absolute atomic E-state index is 12.5. The summed E-state index contributed by atoms with van der Waals surface area (Å²) in [6.07, 6.45) is 4.00. The van der Waals surface area contributed by atoms with Gasteiger partial charge in [0.05, 0.1) is 6.20 Å². The van der Waals surface area contributed by atoms with Crippen molar-refractivity contribution in [3.8, 4) is 11.1 Å².